The van der Waals surface area contributed by atoms with Crippen LogP contribution in [0.1, 0.15) is 113 Å². The Balaban J connectivity index is 1.87. The Hall–Kier alpha value is -1.02. The van der Waals surface area contributed by atoms with Gasteiger partial charge in [-0.15, -0.1) is 0 Å². The summed E-state index contributed by atoms with van der Waals surface area (Å²) in [7, 11) is 0. The van der Waals surface area contributed by atoms with Crippen molar-refractivity contribution < 1.29 is 9.53 Å². The molecule has 0 fully saturated rings. The molecule has 1 aromatic rings. The van der Waals surface area contributed by atoms with E-state index in [1.165, 1.54) is 77.0 Å². The van der Waals surface area contributed by atoms with Crippen molar-refractivity contribution in [3.05, 3.63) is 34.3 Å². The van der Waals surface area contributed by atoms with E-state index in [0.717, 1.165) is 18.4 Å². The van der Waals surface area contributed by atoms with Crippen LogP contribution in [0.15, 0.2) is 18.2 Å². The van der Waals surface area contributed by atoms with E-state index in [1.807, 2.05) is 6.92 Å². The van der Waals surface area contributed by atoms with Crippen LogP contribution in [0.4, 0.5) is 0 Å². The van der Waals surface area contributed by atoms with Gasteiger partial charge in [0.1, 0.15) is 0 Å². The Labute approximate surface area is 172 Å². The summed E-state index contributed by atoms with van der Waals surface area (Å²) in [5, 5.41) is 0.679. The number of esters is 1. The molecule has 0 aromatic heterocycles. The maximum Gasteiger partial charge on any atom is 0.338 e. The normalized spacial score (nSPS) is 10.9. The first-order valence-electron chi connectivity index (χ1n) is 11.1. The Morgan fingerprint density at radius 1 is 0.815 bits per heavy atom. The van der Waals surface area contributed by atoms with Crippen LogP contribution in [0.25, 0.3) is 0 Å². The van der Waals surface area contributed by atoms with E-state index < -0.39 is 0 Å². The molecular weight excluding hydrogens is 356 g/mol. The van der Waals surface area contributed by atoms with Gasteiger partial charge < -0.3 is 4.74 Å². The second kappa shape index (κ2) is 16.0. The van der Waals surface area contributed by atoms with Gasteiger partial charge in [0, 0.05) is 5.02 Å². The summed E-state index contributed by atoms with van der Waals surface area (Å²) in [6.45, 7) is 4.68. The summed E-state index contributed by atoms with van der Waals surface area (Å²) < 4.78 is 5.35. The van der Waals surface area contributed by atoms with Crippen molar-refractivity contribution in [3.63, 3.8) is 0 Å². The highest BCUT2D eigenvalue weighted by Gasteiger charge is 2.08. The predicted molar refractivity (Wildman–Crippen MR) is 117 cm³/mol. The van der Waals surface area contributed by atoms with Crippen LogP contribution < -0.4 is 0 Å². The number of hydrogen-bond donors (Lipinski definition) is 0. The number of hydrogen-bond acceptors (Lipinski definition) is 2. The van der Waals surface area contributed by atoms with Crippen LogP contribution in [0, 0.1) is 6.92 Å². The van der Waals surface area contributed by atoms with E-state index in [-0.39, 0.29) is 5.97 Å². The third kappa shape index (κ3) is 12.1. The van der Waals surface area contributed by atoms with Crippen LogP contribution in [-0.4, -0.2) is 12.6 Å². The standard InChI is InChI=1S/C24H39ClO2/c1-3-4-5-6-7-8-9-10-11-12-13-14-15-16-19-27-24(26)22-17-18-23(25)21(2)20-22/h17-18,20H,3-16,19H2,1-2H3. The third-order valence-corrected chi connectivity index (χ3v) is 5.55. The Morgan fingerprint density at radius 2 is 1.30 bits per heavy atom. The highest BCUT2D eigenvalue weighted by Crippen LogP contribution is 2.17. The number of carbonyl (C=O) groups excluding carboxylic acids is 1. The second-order valence-corrected chi connectivity index (χ2v) is 8.10. The van der Waals surface area contributed by atoms with Crippen LogP contribution >= 0.6 is 11.6 Å². The lowest BCUT2D eigenvalue weighted by molar-refractivity contribution is 0.0497. The number of halogens is 1. The monoisotopic (exact) mass is 394 g/mol. The van der Waals surface area contributed by atoms with Gasteiger partial charge in [0.15, 0.2) is 0 Å². The summed E-state index contributed by atoms with van der Waals surface area (Å²) in [5.41, 5.74) is 1.49. The first-order valence-corrected chi connectivity index (χ1v) is 11.5. The molecule has 0 aliphatic carbocycles. The van der Waals surface area contributed by atoms with Crippen molar-refractivity contribution in [3.8, 4) is 0 Å². The molecule has 0 saturated carbocycles. The van der Waals surface area contributed by atoms with E-state index in [1.54, 1.807) is 18.2 Å². The van der Waals surface area contributed by atoms with Crippen molar-refractivity contribution >= 4 is 17.6 Å². The summed E-state index contributed by atoms with van der Waals surface area (Å²) in [6, 6.07) is 5.26. The number of benzene rings is 1. The zero-order valence-corrected chi connectivity index (χ0v) is 18.3. The highest BCUT2D eigenvalue weighted by molar-refractivity contribution is 6.31. The molecule has 0 aliphatic rings. The molecule has 0 heterocycles. The first-order chi connectivity index (χ1) is 13.1. The molecule has 154 valence electrons. The topological polar surface area (TPSA) is 26.3 Å². The highest BCUT2D eigenvalue weighted by atomic mass is 35.5. The fraction of sp³-hybridized carbons (Fsp3) is 0.708. The van der Waals surface area contributed by atoms with E-state index in [2.05, 4.69) is 6.92 Å². The Bertz CT molecular complexity index is 513. The average Bonchev–Trinajstić information content (AvgIpc) is 2.66. The number of unbranched alkanes of at least 4 members (excludes halogenated alkanes) is 13. The minimum Gasteiger partial charge on any atom is -0.462 e. The van der Waals surface area contributed by atoms with Crippen molar-refractivity contribution in [1.29, 1.82) is 0 Å². The summed E-state index contributed by atoms with van der Waals surface area (Å²) in [4.78, 5) is 12.0. The Kier molecular flexibility index (Phi) is 14.2. The quantitative estimate of drug-likeness (QED) is 0.208. The molecule has 0 amide bonds. The van der Waals surface area contributed by atoms with Gasteiger partial charge in [0.25, 0.3) is 0 Å². The first kappa shape index (κ1) is 24.0. The third-order valence-electron chi connectivity index (χ3n) is 5.12. The molecule has 0 saturated heterocycles. The molecular formula is C24H39ClO2. The van der Waals surface area contributed by atoms with Gasteiger partial charge >= 0.3 is 5.97 Å². The van der Waals surface area contributed by atoms with Gasteiger partial charge in [-0.3, -0.25) is 0 Å². The van der Waals surface area contributed by atoms with Gasteiger partial charge in [-0.05, 0) is 37.1 Å². The number of ether oxygens (including phenoxy) is 1. The molecule has 0 atom stereocenters. The molecule has 0 N–H and O–H groups in total. The van der Waals surface area contributed by atoms with Gasteiger partial charge in [-0.25, -0.2) is 4.79 Å². The van der Waals surface area contributed by atoms with Gasteiger partial charge in [0.2, 0.25) is 0 Å². The molecule has 0 aliphatic heterocycles. The number of rotatable bonds is 16. The lowest BCUT2D eigenvalue weighted by atomic mass is 10.0. The lowest BCUT2D eigenvalue weighted by Crippen LogP contribution is -2.06. The fourth-order valence-electron chi connectivity index (χ4n) is 3.32. The predicted octanol–water partition coefficient (Wildman–Crippen LogP) is 8.29. The molecule has 0 spiro atoms. The minimum atomic E-state index is -0.246. The number of carbonyl (C=O) groups is 1. The molecule has 0 bridgehead atoms. The average molecular weight is 395 g/mol. The van der Waals surface area contributed by atoms with Crippen LogP contribution in [0.5, 0.6) is 0 Å². The van der Waals surface area contributed by atoms with Gasteiger partial charge in [0.05, 0.1) is 12.2 Å². The van der Waals surface area contributed by atoms with E-state index in [9.17, 15) is 4.79 Å². The molecule has 0 radical (unpaired) electrons. The molecule has 0 unspecified atom stereocenters. The zero-order valence-electron chi connectivity index (χ0n) is 17.5. The minimum absolute atomic E-state index is 0.246. The molecule has 27 heavy (non-hydrogen) atoms. The van der Waals surface area contributed by atoms with Crippen LogP contribution in [0.3, 0.4) is 0 Å². The smallest absolute Gasteiger partial charge is 0.338 e. The molecule has 1 rings (SSSR count). The molecule has 3 heteroatoms. The van der Waals surface area contributed by atoms with Crippen molar-refractivity contribution in [1.82, 2.24) is 0 Å². The Morgan fingerprint density at radius 3 is 1.78 bits per heavy atom. The maximum absolute atomic E-state index is 12.0. The van der Waals surface area contributed by atoms with Gasteiger partial charge in [-0.2, -0.15) is 0 Å². The van der Waals surface area contributed by atoms with Crippen molar-refractivity contribution in [2.24, 2.45) is 0 Å². The zero-order chi connectivity index (χ0) is 19.7. The van der Waals surface area contributed by atoms with E-state index >= 15 is 0 Å². The van der Waals surface area contributed by atoms with Crippen LogP contribution in [-0.2, 0) is 4.74 Å². The van der Waals surface area contributed by atoms with Gasteiger partial charge in [-0.1, -0.05) is 102 Å². The maximum atomic E-state index is 12.0. The van der Waals surface area contributed by atoms with Crippen LogP contribution in [0.2, 0.25) is 5.02 Å². The molecule has 2 nitrogen and oxygen atoms in total. The summed E-state index contributed by atoms with van der Waals surface area (Å²) in [5.74, 6) is -0.246. The SMILES string of the molecule is CCCCCCCCCCCCCCCCOC(=O)c1ccc(Cl)c(C)c1. The van der Waals surface area contributed by atoms with Crippen molar-refractivity contribution in [2.75, 3.05) is 6.61 Å². The number of aryl methyl sites for hydroxylation is 1. The fourth-order valence-corrected chi connectivity index (χ4v) is 3.43. The summed E-state index contributed by atoms with van der Waals surface area (Å²) >= 11 is 5.98. The lowest BCUT2D eigenvalue weighted by Gasteiger charge is -2.06. The second-order valence-electron chi connectivity index (χ2n) is 7.70. The molecule has 1 aromatic carbocycles. The van der Waals surface area contributed by atoms with E-state index in [0.29, 0.717) is 17.2 Å². The summed E-state index contributed by atoms with van der Waals surface area (Å²) in [6.07, 6.45) is 18.6. The van der Waals surface area contributed by atoms with Crippen molar-refractivity contribution in [2.45, 2.75) is 104 Å². The van der Waals surface area contributed by atoms with E-state index in [4.69, 9.17) is 16.3 Å². The largest absolute Gasteiger partial charge is 0.462 e.